The van der Waals surface area contributed by atoms with Gasteiger partial charge in [-0.15, -0.1) is 0 Å². The molecule has 190 valence electrons. The molecule has 8 nitrogen and oxygen atoms in total. The Morgan fingerprint density at radius 1 is 1.15 bits per heavy atom. The number of sulfonamides is 1. The molecular formula is C22H30F3N3O5S. The van der Waals surface area contributed by atoms with Gasteiger partial charge in [0.25, 0.3) is 0 Å². The number of benzene rings is 1. The lowest BCUT2D eigenvalue weighted by Gasteiger charge is -2.35. The first-order valence-electron chi connectivity index (χ1n) is 11.0. The summed E-state index contributed by atoms with van der Waals surface area (Å²) < 4.78 is 71.8. The minimum atomic E-state index is -4.65. The molecule has 0 amide bonds. The molecule has 0 spiro atoms. The number of carbonyl (C=O) groups is 1. The molecule has 2 atom stereocenters. The highest BCUT2D eigenvalue weighted by molar-refractivity contribution is 7.90. The van der Waals surface area contributed by atoms with Gasteiger partial charge < -0.3 is 9.84 Å². The molecule has 1 aromatic carbocycles. The number of halogens is 3. The highest BCUT2D eigenvalue weighted by atomic mass is 32.2. The van der Waals surface area contributed by atoms with Crippen molar-refractivity contribution in [1.29, 1.82) is 0 Å². The Hall–Kier alpha value is -2.34. The zero-order valence-electron chi connectivity index (χ0n) is 19.5. The van der Waals surface area contributed by atoms with Crippen molar-refractivity contribution in [2.45, 2.75) is 70.0 Å². The van der Waals surface area contributed by atoms with Crippen molar-refractivity contribution in [2.24, 2.45) is 11.0 Å². The minimum absolute atomic E-state index is 0.196. The van der Waals surface area contributed by atoms with E-state index in [2.05, 4.69) is 5.10 Å². The fourth-order valence-corrected chi connectivity index (χ4v) is 5.60. The Bertz CT molecular complexity index is 1030. The number of hydrogen-bond donors (Lipinski definition) is 1. The predicted octanol–water partition coefficient (Wildman–Crippen LogP) is 3.88. The molecule has 1 saturated heterocycles. The Labute approximate surface area is 197 Å². The highest BCUT2D eigenvalue weighted by Crippen LogP contribution is 2.37. The summed E-state index contributed by atoms with van der Waals surface area (Å²) >= 11 is 0. The van der Waals surface area contributed by atoms with Gasteiger partial charge in [0.2, 0.25) is 10.0 Å². The molecule has 1 aromatic rings. The topological polar surface area (TPSA) is 99.5 Å². The summed E-state index contributed by atoms with van der Waals surface area (Å²) in [5.74, 6) is -1.82. The molecule has 0 unspecified atom stereocenters. The Morgan fingerprint density at radius 3 is 2.18 bits per heavy atom. The van der Waals surface area contributed by atoms with E-state index in [1.165, 1.54) is 11.2 Å². The van der Waals surface area contributed by atoms with Crippen LogP contribution in [0.2, 0.25) is 0 Å². The predicted molar refractivity (Wildman–Crippen MR) is 122 cm³/mol. The average molecular weight is 506 g/mol. The van der Waals surface area contributed by atoms with Gasteiger partial charge >= 0.3 is 12.1 Å². The van der Waals surface area contributed by atoms with E-state index in [1.807, 2.05) is 0 Å². The van der Waals surface area contributed by atoms with E-state index in [0.717, 1.165) is 5.01 Å². The maximum atomic E-state index is 13.3. The lowest BCUT2D eigenvalue weighted by molar-refractivity contribution is -0.137. The fourth-order valence-electron chi connectivity index (χ4n) is 4.13. The van der Waals surface area contributed by atoms with Gasteiger partial charge in [-0.25, -0.2) is 12.7 Å². The Balaban J connectivity index is 1.68. The number of anilines is 1. The van der Waals surface area contributed by atoms with E-state index < -0.39 is 51.0 Å². The number of hydrazone groups is 1. The number of piperidine rings is 1. The summed E-state index contributed by atoms with van der Waals surface area (Å²) in [6.45, 7) is 7.01. The second kappa shape index (κ2) is 9.37. The Kier molecular flexibility index (Phi) is 7.24. The van der Waals surface area contributed by atoms with Crippen LogP contribution >= 0.6 is 0 Å². The number of carboxylic acids is 1. The smallest absolute Gasteiger partial charge is 0.431 e. The number of carboxylic acid groups (broad SMARTS) is 1. The van der Waals surface area contributed by atoms with Crippen LogP contribution in [-0.4, -0.2) is 65.7 Å². The van der Waals surface area contributed by atoms with E-state index in [4.69, 9.17) is 9.84 Å². The highest BCUT2D eigenvalue weighted by Gasteiger charge is 2.48. The maximum Gasteiger partial charge on any atom is 0.431 e. The zero-order valence-corrected chi connectivity index (χ0v) is 20.4. The van der Waals surface area contributed by atoms with Crippen LogP contribution in [0.15, 0.2) is 29.4 Å². The molecule has 2 heterocycles. The molecule has 2 aliphatic rings. The Morgan fingerprint density at radius 2 is 1.71 bits per heavy atom. The molecule has 12 heteroatoms. The molecular weight excluding hydrogens is 475 g/mol. The summed E-state index contributed by atoms with van der Waals surface area (Å²) in [5, 5.41) is 14.0. The number of hydrogen-bond acceptors (Lipinski definition) is 6. The SMILES string of the molecule is C[C@@H]1C(C(F)(F)F)=NN(c2ccc(OC3CCN(S(=O)(=O)C(C)(C)C)CC3)cc2)[C@H]1CC(=O)O. The van der Waals surface area contributed by atoms with Crippen molar-refractivity contribution in [3.63, 3.8) is 0 Å². The molecule has 1 fully saturated rings. The van der Waals surface area contributed by atoms with Gasteiger partial charge in [0.05, 0.1) is 22.9 Å². The number of alkyl halides is 3. The van der Waals surface area contributed by atoms with Crippen molar-refractivity contribution < 1.29 is 36.2 Å². The van der Waals surface area contributed by atoms with Gasteiger partial charge in [0.1, 0.15) is 17.6 Å². The standard InChI is InChI=1S/C22H30F3N3O5S/c1-14-18(13-19(29)30)28(26-20(14)22(23,24)25)15-5-7-16(8-6-15)33-17-9-11-27(12-10-17)34(31,32)21(2,3)4/h5-8,14,17-18H,9-13H2,1-4H3,(H,29,30)/t14-,18-/m0/s1. The summed E-state index contributed by atoms with van der Waals surface area (Å²) in [7, 11) is -3.41. The quantitative estimate of drug-likeness (QED) is 0.630. The zero-order chi connectivity index (χ0) is 25.5. The first kappa shape index (κ1) is 26.3. The molecule has 3 rings (SSSR count). The van der Waals surface area contributed by atoms with E-state index in [1.54, 1.807) is 45.0 Å². The fraction of sp³-hybridized carbons (Fsp3) is 0.636. The van der Waals surface area contributed by atoms with Gasteiger partial charge in [-0.3, -0.25) is 9.80 Å². The molecule has 1 N–H and O–H groups in total. The van der Waals surface area contributed by atoms with E-state index in [9.17, 15) is 26.4 Å². The molecule has 0 bridgehead atoms. The lowest BCUT2D eigenvalue weighted by Crippen LogP contribution is -2.48. The molecule has 0 radical (unpaired) electrons. The van der Waals surface area contributed by atoms with Crippen LogP contribution in [0, 0.1) is 5.92 Å². The van der Waals surface area contributed by atoms with Crippen LogP contribution in [0.4, 0.5) is 18.9 Å². The molecule has 0 aromatic heterocycles. The molecule has 2 aliphatic heterocycles. The van der Waals surface area contributed by atoms with Crippen LogP contribution in [-0.2, 0) is 14.8 Å². The number of rotatable bonds is 6. The molecule has 0 saturated carbocycles. The van der Waals surface area contributed by atoms with Gasteiger partial charge in [0.15, 0.2) is 0 Å². The third-order valence-corrected chi connectivity index (χ3v) is 8.72. The number of aliphatic carboxylic acids is 1. The van der Waals surface area contributed by atoms with Crippen LogP contribution in [0.3, 0.4) is 0 Å². The number of ether oxygens (including phenoxy) is 1. The molecule has 0 aliphatic carbocycles. The van der Waals surface area contributed by atoms with Crippen molar-refractivity contribution in [1.82, 2.24) is 4.31 Å². The summed E-state index contributed by atoms with van der Waals surface area (Å²) in [6.07, 6.45) is -4.30. The maximum absolute atomic E-state index is 13.3. The van der Waals surface area contributed by atoms with Crippen LogP contribution in [0.25, 0.3) is 0 Å². The van der Waals surface area contributed by atoms with Gasteiger partial charge in [-0.05, 0) is 57.9 Å². The van der Waals surface area contributed by atoms with Gasteiger partial charge in [0, 0.05) is 19.0 Å². The van der Waals surface area contributed by atoms with Gasteiger partial charge in [-0.1, -0.05) is 6.92 Å². The third-order valence-electron chi connectivity index (χ3n) is 6.13. The van der Waals surface area contributed by atoms with Crippen molar-refractivity contribution >= 4 is 27.4 Å². The monoisotopic (exact) mass is 505 g/mol. The van der Waals surface area contributed by atoms with Crippen LogP contribution < -0.4 is 9.75 Å². The normalized spacial score (nSPS) is 23.1. The summed E-state index contributed by atoms with van der Waals surface area (Å²) in [6, 6.07) is 5.31. The van der Waals surface area contributed by atoms with Crippen molar-refractivity contribution in [3.05, 3.63) is 24.3 Å². The summed E-state index contributed by atoms with van der Waals surface area (Å²) in [5.41, 5.74) is -0.674. The largest absolute Gasteiger partial charge is 0.490 e. The first-order chi connectivity index (χ1) is 15.6. The van der Waals surface area contributed by atoms with Gasteiger partial charge in [-0.2, -0.15) is 18.3 Å². The molecule has 34 heavy (non-hydrogen) atoms. The van der Waals surface area contributed by atoms with E-state index in [0.29, 0.717) is 37.4 Å². The lowest BCUT2D eigenvalue weighted by atomic mass is 9.94. The minimum Gasteiger partial charge on any atom is -0.490 e. The van der Waals surface area contributed by atoms with E-state index >= 15 is 0 Å². The second-order valence-electron chi connectivity index (χ2n) is 9.61. The number of nitrogens with zero attached hydrogens (tertiary/aromatic N) is 3. The summed E-state index contributed by atoms with van der Waals surface area (Å²) in [4.78, 5) is 11.2. The average Bonchev–Trinajstić information content (AvgIpc) is 3.04. The van der Waals surface area contributed by atoms with Crippen molar-refractivity contribution in [3.8, 4) is 5.75 Å². The third kappa shape index (κ3) is 5.48. The second-order valence-corrected chi connectivity index (χ2v) is 12.3. The first-order valence-corrected chi connectivity index (χ1v) is 12.5. The van der Waals surface area contributed by atoms with Crippen molar-refractivity contribution in [2.75, 3.05) is 18.1 Å². The van der Waals surface area contributed by atoms with E-state index in [-0.39, 0.29) is 6.10 Å². The van der Waals surface area contributed by atoms with Crippen LogP contribution in [0.5, 0.6) is 5.75 Å². The van der Waals surface area contributed by atoms with Crippen LogP contribution in [0.1, 0.15) is 47.0 Å².